The molecule has 248 valence electrons. The van der Waals surface area contributed by atoms with E-state index in [0.29, 0.717) is 0 Å². The molecule has 9 rings (SSSR count). The molecule has 8 aromatic rings. The van der Waals surface area contributed by atoms with Gasteiger partial charge in [-0.05, 0) is 92.7 Å². The summed E-state index contributed by atoms with van der Waals surface area (Å²) in [5.41, 5.74) is 14.5. The van der Waals surface area contributed by atoms with Crippen LogP contribution >= 0.6 is 0 Å². The fourth-order valence-electron chi connectivity index (χ4n) is 8.25. The minimum Gasteiger partial charge on any atom is -0.456 e. The first-order valence-corrected chi connectivity index (χ1v) is 17.8. The molecular formula is C47H43NO2. The van der Waals surface area contributed by atoms with Crippen molar-refractivity contribution < 1.29 is 8.83 Å². The molecule has 0 saturated heterocycles. The third kappa shape index (κ3) is 4.49. The summed E-state index contributed by atoms with van der Waals surface area (Å²) in [5, 5.41) is 4.55. The molecule has 1 aliphatic rings. The quantitative estimate of drug-likeness (QED) is 0.190. The minimum absolute atomic E-state index is 0.0151. The molecule has 6 aromatic carbocycles. The SMILES string of the molecule is CC(C)(C)c1cc(C(C)(C)C)c2c(c1)oc1cccc(N(c3ccc4c(c3)C(C)(C)c3ccccc3-4)c3ccc4c(c3)oc3ccccc34)c12. The van der Waals surface area contributed by atoms with Crippen molar-refractivity contribution in [1.29, 1.82) is 0 Å². The zero-order valence-corrected chi connectivity index (χ0v) is 30.2. The van der Waals surface area contributed by atoms with Crippen molar-refractivity contribution in [2.75, 3.05) is 4.90 Å². The number of hydrogen-bond donors (Lipinski definition) is 0. The Morgan fingerprint density at radius 2 is 1.16 bits per heavy atom. The Kier molecular flexibility index (Phi) is 6.38. The second kappa shape index (κ2) is 10.4. The normalized spacial score (nSPS) is 14.2. The summed E-state index contributed by atoms with van der Waals surface area (Å²) in [7, 11) is 0. The van der Waals surface area contributed by atoms with E-state index in [1.165, 1.54) is 38.8 Å². The van der Waals surface area contributed by atoms with Crippen molar-refractivity contribution in [1.82, 2.24) is 0 Å². The molecule has 0 N–H and O–H groups in total. The molecule has 2 aromatic heterocycles. The van der Waals surface area contributed by atoms with Crippen LogP contribution in [0.2, 0.25) is 0 Å². The molecule has 1 aliphatic carbocycles. The Morgan fingerprint density at radius 3 is 1.96 bits per heavy atom. The molecule has 50 heavy (non-hydrogen) atoms. The second-order valence-corrected chi connectivity index (χ2v) is 16.7. The summed E-state index contributed by atoms with van der Waals surface area (Å²) in [6.07, 6.45) is 0. The topological polar surface area (TPSA) is 29.5 Å². The maximum atomic E-state index is 6.80. The average Bonchev–Trinajstić information content (AvgIpc) is 3.71. The van der Waals surface area contributed by atoms with Gasteiger partial charge in [-0.25, -0.2) is 0 Å². The standard InChI is InChI=1S/C47H43NO2/c1-45(2,3)28-24-37(46(4,5)6)43-42(25-28)50-40-19-13-17-38(44(40)43)48(30-21-23-34-33-15-10-12-18-39(33)49-41(34)27-30)29-20-22-32-31-14-9-11-16-35(31)47(7,8)36(32)26-29/h9-27H,1-8H3. The van der Waals surface area contributed by atoms with Gasteiger partial charge >= 0.3 is 0 Å². The molecule has 0 radical (unpaired) electrons. The molecule has 0 bridgehead atoms. The van der Waals surface area contributed by atoms with Gasteiger partial charge in [0.05, 0.1) is 11.1 Å². The van der Waals surface area contributed by atoms with Crippen LogP contribution in [0.15, 0.2) is 124 Å². The molecule has 0 saturated carbocycles. The molecule has 0 unspecified atom stereocenters. The molecule has 3 nitrogen and oxygen atoms in total. The Bertz CT molecular complexity index is 2650. The lowest BCUT2D eigenvalue weighted by molar-refractivity contribution is 0.569. The molecule has 3 heteroatoms. The summed E-state index contributed by atoms with van der Waals surface area (Å²) in [4.78, 5) is 2.41. The highest BCUT2D eigenvalue weighted by Gasteiger charge is 2.36. The van der Waals surface area contributed by atoms with E-state index in [1.807, 2.05) is 12.1 Å². The Balaban J connectivity index is 1.36. The van der Waals surface area contributed by atoms with E-state index in [1.54, 1.807) is 0 Å². The summed E-state index contributed by atoms with van der Waals surface area (Å²) in [6.45, 7) is 18.4. The lowest BCUT2D eigenvalue weighted by Crippen LogP contribution is -2.17. The predicted molar refractivity (Wildman–Crippen MR) is 211 cm³/mol. The van der Waals surface area contributed by atoms with Crippen LogP contribution in [0.5, 0.6) is 0 Å². The fourth-order valence-corrected chi connectivity index (χ4v) is 8.25. The lowest BCUT2D eigenvalue weighted by Gasteiger charge is -2.29. The molecule has 0 atom stereocenters. The van der Waals surface area contributed by atoms with Gasteiger partial charge in [0.2, 0.25) is 0 Å². The van der Waals surface area contributed by atoms with Crippen molar-refractivity contribution in [3.8, 4) is 11.1 Å². The van der Waals surface area contributed by atoms with Crippen molar-refractivity contribution in [2.24, 2.45) is 0 Å². The number of benzene rings is 6. The second-order valence-electron chi connectivity index (χ2n) is 16.7. The van der Waals surface area contributed by atoms with Gasteiger partial charge in [-0.2, -0.15) is 0 Å². The van der Waals surface area contributed by atoms with E-state index in [0.717, 1.165) is 55.6 Å². The van der Waals surface area contributed by atoms with Gasteiger partial charge in [0.15, 0.2) is 0 Å². The summed E-state index contributed by atoms with van der Waals surface area (Å²) < 4.78 is 13.3. The van der Waals surface area contributed by atoms with Gasteiger partial charge in [-0.15, -0.1) is 0 Å². The van der Waals surface area contributed by atoms with Gasteiger partial charge in [-0.3, -0.25) is 0 Å². The Labute approximate surface area is 294 Å². The van der Waals surface area contributed by atoms with Crippen LogP contribution in [0.1, 0.15) is 77.6 Å². The third-order valence-corrected chi connectivity index (χ3v) is 10.9. The van der Waals surface area contributed by atoms with Gasteiger partial charge in [0.1, 0.15) is 22.3 Å². The first-order chi connectivity index (χ1) is 23.8. The lowest BCUT2D eigenvalue weighted by atomic mass is 9.78. The largest absolute Gasteiger partial charge is 0.456 e. The summed E-state index contributed by atoms with van der Waals surface area (Å²) >= 11 is 0. The number of nitrogens with zero attached hydrogens (tertiary/aromatic N) is 1. The molecular weight excluding hydrogens is 611 g/mol. The highest BCUT2D eigenvalue weighted by atomic mass is 16.3. The number of anilines is 3. The zero-order chi connectivity index (χ0) is 34.7. The number of hydrogen-bond acceptors (Lipinski definition) is 3. The smallest absolute Gasteiger partial charge is 0.137 e. The highest BCUT2D eigenvalue weighted by molar-refractivity contribution is 6.15. The first-order valence-electron chi connectivity index (χ1n) is 17.8. The van der Waals surface area contributed by atoms with Gasteiger partial charge < -0.3 is 13.7 Å². The minimum atomic E-state index is -0.132. The molecule has 0 amide bonds. The van der Waals surface area contributed by atoms with Crippen molar-refractivity contribution in [3.05, 3.63) is 138 Å². The van der Waals surface area contributed by atoms with Crippen LogP contribution < -0.4 is 4.90 Å². The number of fused-ring (bicyclic) bond motifs is 9. The van der Waals surface area contributed by atoms with Crippen molar-refractivity contribution in [3.63, 3.8) is 0 Å². The third-order valence-electron chi connectivity index (χ3n) is 10.9. The van der Waals surface area contributed by atoms with Crippen molar-refractivity contribution >= 4 is 60.9 Å². The van der Waals surface area contributed by atoms with Gasteiger partial charge in [-0.1, -0.05) is 116 Å². The van der Waals surface area contributed by atoms with E-state index in [9.17, 15) is 0 Å². The molecule has 2 heterocycles. The molecule has 0 aliphatic heterocycles. The van der Waals surface area contributed by atoms with E-state index >= 15 is 0 Å². The van der Waals surface area contributed by atoms with Gasteiger partial charge in [0, 0.05) is 39.0 Å². The number of furan rings is 2. The Morgan fingerprint density at radius 1 is 0.500 bits per heavy atom. The maximum absolute atomic E-state index is 6.80. The van der Waals surface area contributed by atoms with Crippen molar-refractivity contribution in [2.45, 2.75) is 71.6 Å². The number of para-hydroxylation sites is 1. The predicted octanol–water partition coefficient (Wildman–Crippen LogP) is 13.9. The van der Waals surface area contributed by atoms with Crippen LogP contribution in [0.3, 0.4) is 0 Å². The first kappa shape index (κ1) is 30.8. The maximum Gasteiger partial charge on any atom is 0.137 e. The van der Waals surface area contributed by atoms with Gasteiger partial charge in [0.25, 0.3) is 0 Å². The average molecular weight is 654 g/mol. The van der Waals surface area contributed by atoms with Crippen LogP contribution in [-0.2, 0) is 16.2 Å². The van der Waals surface area contributed by atoms with E-state index < -0.39 is 0 Å². The fraction of sp³-hybridized carbons (Fsp3) is 0.234. The number of rotatable bonds is 3. The van der Waals surface area contributed by atoms with Crippen LogP contribution in [0, 0.1) is 0 Å². The van der Waals surface area contributed by atoms with Crippen LogP contribution in [0.4, 0.5) is 17.1 Å². The monoisotopic (exact) mass is 653 g/mol. The Hall–Kier alpha value is -5.28. The molecule has 0 fully saturated rings. The summed E-state index contributed by atoms with van der Waals surface area (Å²) in [6, 6.07) is 41.9. The van der Waals surface area contributed by atoms with E-state index in [4.69, 9.17) is 8.83 Å². The van der Waals surface area contributed by atoms with Crippen LogP contribution in [-0.4, -0.2) is 0 Å². The van der Waals surface area contributed by atoms with E-state index in [-0.39, 0.29) is 16.2 Å². The highest BCUT2D eigenvalue weighted by Crippen LogP contribution is 2.52. The zero-order valence-electron chi connectivity index (χ0n) is 30.2. The molecule has 0 spiro atoms. The van der Waals surface area contributed by atoms with Crippen LogP contribution in [0.25, 0.3) is 55.0 Å². The van der Waals surface area contributed by atoms with E-state index in [2.05, 4.69) is 163 Å². The summed E-state index contributed by atoms with van der Waals surface area (Å²) in [5.74, 6) is 0.